The van der Waals surface area contributed by atoms with Crippen LogP contribution in [0.3, 0.4) is 0 Å². The van der Waals surface area contributed by atoms with Gasteiger partial charge in [0, 0.05) is 42.6 Å². The standard InChI is InChI=1S/C19H24N4O3/c1-12-10-16(26-22-12)15-11-17(24)20-21-18(15)13-6-8-23(9-7-13)19(25)14-4-2-3-5-14/h10-11,13-14H,2-9H2,1H3,(H,20,24). The zero-order chi connectivity index (χ0) is 18.1. The minimum Gasteiger partial charge on any atom is -0.356 e. The number of aryl methyl sites for hydroxylation is 1. The number of piperidine rings is 1. The first kappa shape index (κ1) is 17.0. The minimum absolute atomic E-state index is 0.194. The molecule has 1 amide bonds. The van der Waals surface area contributed by atoms with E-state index in [2.05, 4.69) is 15.4 Å². The van der Waals surface area contributed by atoms with Crippen LogP contribution in [0.25, 0.3) is 11.3 Å². The van der Waals surface area contributed by atoms with Crippen molar-refractivity contribution < 1.29 is 9.32 Å². The number of hydrogen-bond donors (Lipinski definition) is 1. The van der Waals surface area contributed by atoms with E-state index >= 15 is 0 Å². The van der Waals surface area contributed by atoms with Crippen LogP contribution in [0.15, 0.2) is 21.5 Å². The maximum atomic E-state index is 12.6. The first-order valence-corrected chi connectivity index (χ1v) is 9.44. The molecule has 7 heteroatoms. The second-order valence-electron chi connectivity index (χ2n) is 7.44. The summed E-state index contributed by atoms with van der Waals surface area (Å²) < 4.78 is 5.36. The molecule has 138 valence electrons. The average Bonchev–Trinajstić information content (AvgIpc) is 3.33. The maximum absolute atomic E-state index is 12.6. The highest BCUT2D eigenvalue weighted by atomic mass is 16.5. The summed E-state index contributed by atoms with van der Waals surface area (Å²) in [5.41, 5.74) is 2.04. The summed E-state index contributed by atoms with van der Waals surface area (Å²) >= 11 is 0. The first-order chi connectivity index (χ1) is 12.6. The topological polar surface area (TPSA) is 92.1 Å². The zero-order valence-corrected chi connectivity index (χ0v) is 15.0. The lowest BCUT2D eigenvalue weighted by Gasteiger charge is -2.33. The molecular formula is C19H24N4O3. The highest BCUT2D eigenvalue weighted by Gasteiger charge is 2.32. The van der Waals surface area contributed by atoms with Crippen molar-refractivity contribution >= 4 is 5.91 Å². The molecule has 1 N–H and O–H groups in total. The summed E-state index contributed by atoms with van der Waals surface area (Å²) in [5.74, 6) is 1.31. The largest absolute Gasteiger partial charge is 0.356 e. The van der Waals surface area contributed by atoms with Gasteiger partial charge in [0.15, 0.2) is 5.76 Å². The Bertz CT molecular complexity index is 842. The van der Waals surface area contributed by atoms with E-state index in [0.717, 1.165) is 50.2 Å². The van der Waals surface area contributed by atoms with Gasteiger partial charge in [-0.25, -0.2) is 5.10 Å². The van der Waals surface area contributed by atoms with E-state index in [1.165, 1.54) is 18.9 Å². The Morgan fingerprint density at radius 1 is 1.19 bits per heavy atom. The van der Waals surface area contributed by atoms with E-state index in [1.807, 2.05) is 17.9 Å². The molecule has 2 aliphatic rings. The molecule has 0 bridgehead atoms. The van der Waals surface area contributed by atoms with Gasteiger partial charge in [0.1, 0.15) is 0 Å². The van der Waals surface area contributed by atoms with Crippen LogP contribution in [-0.2, 0) is 4.79 Å². The molecular weight excluding hydrogens is 332 g/mol. The summed E-state index contributed by atoms with van der Waals surface area (Å²) in [6.45, 7) is 3.34. The van der Waals surface area contributed by atoms with Gasteiger partial charge in [0.25, 0.3) is 5.56 Å². The number of nitrogens with zero attached hydrogens (tertiary/aromatic N) is 3. The Labute approximate surface area is 151 Å². The highest BCUT2D eigenvalue weighted by molar-refractivity contribution is 5.79. The third-order valence-corrected chi connectivity index (χ3v) is 5.63. The van der Waals surface area contributed by atoms with Crippen molar-refractivity contribution in [2.24, 2.45) is 5.92 Å². The van der Waals surface area contributed by atoms with Crippen molar-refractivity contribution in [1.82, 2.24) is 20.3 Å². The molecule has 2 aromatic rings. The van der Waals surface area contributed by atoms with E-state index in [9.17, 15) is 9.59 Å². The molecule has 0 aromatic carbocycles. The molecule has 26 heavy (non-hydrogen) atoms. The Balaban J connectivity index is 1.51. The van der Waals surface area contributed by atoms with E-state index < -0.39 is 0 Å². The fourth-order valence-electron chi connectivity index (χ4n) is 4.22. The molecule has 2 fully saturated rings. The number of carbonyl (C=O) groups excluding carboxylic acids is 1. The van der Waals surface area contributed by atoms with Gasteiger partial charge in [0.2, 0.25) is 5.91 Å². The lowest BCUT2D eigenvalue weighted by Crippen LogP contribution is -2.41. The number of likely N-dealkylation sites (tertiary alicyclic amines) is 1. The summed E-state index contributed by atoms with van der Waals surface area (Å²) in [7, 11) is 0. The van der Waals surface area contributed by atoms with E-state index in [0.29, 0.717) is 17.2 Å². The Morgan fingerprint density at radius 2 is 1.92 bits per heavy atom. The number of H-pyrrole nitrogens is 1. The van der Waals surface area contributed by atoms with Crippen LogP contribution in [0.1, 0.15) is 55.8 Å². The fourth-order valence-corrected chi connectivity index (χ4v) is 4.22. The van der Waals surface area contributed by atoms with Gasteiger partial charge < -0.3 is 9.42 Å². The summed E-state index contributed by atoms with van der Waals surface area (Å²) in [4.78, 5) is 26.4. The predicted molar refractivity (Wildman–Crippen MR) is 95.6 cm³/mol. The highest BCUT2D eigenvalue weighted by Crippen LogP contribution is 2.34. The lowest BCUT2D eigenvalue weighted by atomic mass is 9.89. The molecule has 1 saturated carbocycles. The molecule has 3 heterocycles. The smallest absolute Gasteiger partial charge is 0.264 e. The van der Waals surface area contributed by atoms with Crippen LogP contribution in [-0.4, -0.2) is 39.3 Å². The van der Waals surface area contributed by atoms with Gasteiger partial charge in [-0.2, -0.15) is 5.10 Å². The number of carbonyl (C=O) groups is 1. The van der Waals surface area contributed by atoms with Gasteiger partial charge in [0.05, 0.1) is 11.4 Å². The normalized spacial score (nSPS) is 19.2. The second kappa shape index (κ2) is 7.05. The van der Waals surface area contributed by atoms with Gasteiger partial charge in [-0.15, -0.1) is 0 Å². The van der Waals surface area contributed by atoms with Crippen LogP contribution in [0.2, 0.25) is 0 Å². The predicted octanol–water partition coefficient (Wildman–Crippen LogP) is 2.63. The van der Waals surface area contributed by atoms with Crippen molar-refractivity contribution in [3.8, 4) is 11.3 Å². The van der Waals surface area contributed by atoms with Crippen LogP contribution in [0.4, 0.5) is 0 Å². The minimum atomic E-state index is -0.258. The SMILES string of the molecule is Cc1cc(-c2cc(=O)[nH]nc2C2CCN(C(=O)C3CCCC3)CC2)on1. The van der Waals surface area contributed by atoms with Crippen molar-refractivity contribution in [3.05, 3.63) is 33.9 Å². The third kappa shape index (κ3) is 3.30. The average molecular weight is 356 g/mol. The lowest BCUT2D eigenvalue weighted by molar-refractivity contribution is -0.136. The number of aromatic nitrogens is 3. The molecule has 0 spiro atoms. The number of amides is 1. The molecule has 7 nitrogen and oxygen atoms in total. The Kier molecular flexibility index (Phi) is 4.61. The summed E-state index contributed by atoms with van der Waals surface area (Å²) in [5, 5.41) is 10.8. The molecule has 0 unspecified atom stereocenters. The molecule has 1 aliphatic carbocycles. The number of hydrogen-bond acceptors (Lipinski definition) is 5. The molecule has 4 rings (SSSR count). The fraction of sp³-hybridized carbons (Fsp3) is 0.579. The quantitative estimate of drug-likeness (QED) is 0.913. The molecule has 1 aliphatic heterocycles. The van der Waals surface area contributed by atoms with E-state index in [4.69, 9.17) is 4.52 Å². The van der Waals surface area contributed by atoms with E-state index in [-0.39, 0.29) is 17.4 Å². The molecule has 0 radical (unpaired) electrons. The molecule has 0 atom stereocenters. The number of nitrogens with one attached hydrogen (secondary N) is 1. The van der Waals surface area contributed by atoms with Crippen molar-refractivity contribution in [3.63, 3.8) is 0 Å². The van der Waals surface area contributed by atoms with Crippen LogP contribution < -0.4 is 5.56 Å². The Hall–Kier alpha value is -2.44. The van der Waals surface area contributed by atoms with Gasteiger partial charge in [-0.1, -0.05) is 18.0 Å². The maximum Gasteiger partial charge on any atom is 0.264 e. The van der Waals surface area contributed by atoms with Crippen molar-refractivity contribution in [2.75, 3.05) is 13.1 Å². The monoisotopic (exact) mass is 356 g/mol. The van der Waals surface area contributed by atoms with E-state index in [1.54, 1.807) is 0 Å². The number of rotatable bonds is 3. The van der Waals surface area contributed by atoms with Gasteiger partial charge >= 0.3 is 0 Å². The van der Waals surface area contributed by atoms with Gasteiger partial charge in [-0.3, -0.25) is 9.59 Å². The van der Waals surface area contributed by atoms with Crippen LogP contribution in [0, 0.1) is 12.8 Å². The first-order valence-electron chi connectivity index (χ1n) is 9.44. The van der Waals surface area contributed by atoms with Gasteiger partial charge in [-0.05, 0) is 32.6 Å². The molecule has 1 saturated heterocycles. The zero-order valence-electron chi connectivity index (χ0n) is 15.0. The van der Waals surface area contributed by atoms with Crippen LogP contribution in [0.5, 0.6) is 0 Å². The molecule has 2 aromatic heterocycles. The third-order valence-electron chi connectivity index (χ3n) is 5.63. The second-order valence-corrected chi connectivity index (χ2v) is 7.44. The van der Waals surface area contributed by atoms with Crippen LogP contribution >= 0.6 is 0 Å². The summed E-state index contributed by atoms with van der Waals surface area (Å²) in [6.07, 6.45) is 6.11. The van der Waals surface area contributed by atoms with Crippen molar-refractivity contribution in [1.29, 1.82) is 0 Å². The summed E-state index contributed by atoms with van der Waals surface area (Å²) in [6, 6.07) is 3.34. The Morgan fingerprint density at radius 3 is 2.58 bits per heavy atom. The number of aromatic amines is 1. The van der Waals surface area contributed by atoms with Crippen molar-refractivity contribution in [2.45, 2.75) is 51.4 Å².